The highest BCUT2D eigenvalue weighted by Crippen LogP contribution is 2.33. The third-order valence-corrected chi connectivity index (χ3v) is 8.12. The molecule has 2 aromatic rings. The van der Waals surface area contributed by atoms with Crippen molar-refractivity contribution in [2.75, 3.05) is 13.1 Å². The van der Waals surface area contributed by atoms with Gasteiger partial charge in [-0.25, -0.2) is 8.42 Å². The lowest BCUT2D eigenvalue weighted by atomic mass is 10.1. The van der Waals surface area contributed by atoms with Crippen molar-refractivity contribution in [1.29, 1.82) is 0 Å². The third kappa shape index (κ3) is 3.97. The molecule has 154 valence electrons. The molecule has 2 aliphatic rings. The van der Waals surface area contributed by atoms with Crippen LogP contribution in [0.3, 0.4) is 0 Å². The maximum Gasteiger partial charge on any atom is 0.240 e. The first-order valence-electron chi connectivity index (χ1n) is 9.36. The van der Waals surface area contributed by atoms with Gasteiger partial charge in [0.1, 0.15) is 6.04 Å². The lowest BCUT2D eigenvalue weighted by molar-refractivity contribution is -0.137. The predicted octanol–water partition coefficient (Wildman–Crippen LogP) is 0.397. The number of hydrogen-bond acceptors (Lipinski definition) is 7. The lowest BCUT2D eigenvalue weighted by Crippen LogP contribution is -2.50. The van der Waals surface area contributed by atoms with Crippen LogP contribution < -0.4 is 5.73 Å². The molecule has 8 nitrogen and oxygen atoms in total. The van der Waals surface area contributed by atoms with Gasteiger partial charge in [-0.2, -0.15) is 4.31 Å². The van der Waals surface area contributed by atoms with E-state index in [1.54, 1.807) is 18.3 Å². The van der Waals surface area contributed by atoms with Crippen LogP contribution in [-0.2, 0) is 31.8 Å². The van der Waals surface area contributed by atoms with Gasteiger partial charge in [-0.1, -0.05) is 12.1 Å². The molecule has 10 heteroatoms. The Hall–Kier alpha value is -2.14. The van der Waals surface area contributed by atoms with Crippen LogP contribution in [0.4, 0.5) is 0 Å². The van der Waals surface area contributed by atoms with Gasteiger partial charge in [0, 0.05) is 30.2 Å². The van der Waals surface area contributed by atoms with E-state index in [0.29, 0.717) is 24.9 Å². The first kappa shape index (κ1) is 20.1. The van der Waals surface area contributed by atoms with Crippen LogP contribution in [0.1, 0.15) is 16.9 Å². The summed E-state index contributed by atoms with van der Waals surface area (Å²) in [5.74, 6) is -0.770. The number of Topliss-reactive ketones (excluding diaryl/α,β-unsaturated/α-hetero) is 1. The quantitative estimate of drug-likeness (QED) is 0.704. The fourth-order valence-electron chi connectivity index (χ4n) is 4.10. The first-order chi connectivity index (χ1) is 13.9. The van der Waals surface area contributed by atoms with Crippen molar-refractivity contribution in [2.24, 2.45) is 5.73 Å². The Kier molecular flexibility index (Phi) is 5.52. The molecule has 4 rings (SSSR count). The van der Waals surface area contributed by atoms with Crippen molar-refractivity contribution in [2.45, 2.75) is 36.7 Å². The standard InChI is InChI=1S/C19H22N4O4S2/c20-15(9-14-4-2-8-28-14)19(25)22-7-5-16-18(22)17(24)11-23(16)29(26,27)12-13-3-1-6-21-10-13/h1-4,6,8,10,15-16,18H,5,7,9,11-12,20H2. The van der Waals surface area contributed by atoms with E-state index in [0.717, 1.165) is 4.88 Å². The van der Waals surface area contributed by atoms with Crippen molar-refractivity contribution in [3.8, 4) is 0 Å². The molecule has 1 amide bonds. The fourth-order valence-corrected chi connectivity index (χ4v) is 6.58. The molecule has 2 aromatic heterocycles. The second-order valence-corrected chi connectivity index (χ2v) is 10.3. The molecule has 2 N–H and O–H groups in total. The van der Waals surface area contributed by atoms with E-state index in [1.807, 2.05) is 17.5 Å². The summed E-state index contributed by atoms with van der Waals surface area (Å²) in [5.41, 5.74) is 6.67. The van der Waals surface area contributed by atoms with Gasteiger partial charge in [-0.15, -0.1) is 11.3 Å². The Labute approximate surface area is 173 Å². The molecule has 2 saturated heterocycles. The van der Waals surface area contributed by atoms with Gasteiger partial charge in [0.25, 0.3) is 0 Å². The molecule has 3 unspecified atom stereocenters. The van der Waals surface area contributed by atoms with Crippen molar-refractivity contribution in [3.05, 3.63) is 52.5 Å². The van der Waals surface area contributed by atoms with Crippen molar-refractivity contribution in [1.82, 2.24) is 14.2 Å². The van der Waals surface area contributed by atoms with Gasteiger partial charge in [0.05, 0.1) is 24.4 Å². The van der Waals surface area contributed by atoms with Crippen LogP contribution in [-0.4, -0.2) is 65.5 Å². The van der Waals surface area contributed by atoms with E-state index in [1.165, 1.54) is 26.7 Å². The molecule has 0 aromatic carbocycles. The van der Waals surface area contributed by atoms with Crippen LogP contribution in [0.5, 0.6) is 0 Å². The molecule has 0 spiro atoms. The molecule has 2 aliphatic heterocycles. The van der Waals surface area contributed by atoms with Crippen molar-refractivity contribution < 1.29 is 18.0 Å². The number of ketones is 1. The van der Waals surface area contributed by atoms with Gasteiger partial charge in [-0.05, 0) is 29.5 Å². The number of hydrogen-bond donors (Lipinski definition) is 1. The molecular formula is C19H22N4O4S2. The number of nitrogens with two attached hydrogens (primary N) is 1. The normalized spacial score (nSPS) is 23.3. The molecule has 0 aliphatic carbocycles. The van der Waals surface area contributed by atoms with Gasteiger partial charge < -0.3 is 10.6 Å². The first-order valence-corrected chi connectivity index (χ1v) is 11.9. The van der Waals surface area contributed by atoms with E-state index < -0.39 is 28.1 Å². The van der Waals surface area contributed by atoms with Crippen LogP contribution in [0, 0.1) is 0 Å². The zero-order valence-electron chi connectivity index (χ0n) is 15.7. The van der Waals surface area contributed by atoms with E-state index >= 15 is 0 Å². The molecule has 3 atom stereocenters. The number of fused-ring (bicyclic) bond motifs is 1. The summed E-state index contributed by atoms with van der Waals surface area (Å²) in [6, 6.07) is 5.15. The predicted molar refractivity (Wildman–Crippen MR) is 108 cm³/mol. The van der Waals surface area contributed by atoms with Gasteiger partial charge in [0.15, 0.2) is 5.78 Å². The number of amides is 1. The Morgan fingerprint density at radius 1 is 1.34 bits per heavy atom. The summed E-state index contributed by atoms with van der Waals surface area (Å²) in [4.78, 5) is 32.0. The summed E-state index contributed by atoms with van der Waals surface area (Å²) >= 11 is 1.53. The third-order valence-electron chi connectivity index (χ3n) is 5.41. The molecule has 0 radical (unpaired) electrons. The highest BCUT2D eigenvalue weighted by Gasteiger charge is 2.53. The van der Waals surface area contributed by atoms with Crippen molar-refractivity contribution in [3.63, 3.8) is 0 Å². The Morgan fingerprint density at radius 2 is 2.17 bits per heavy atom. The number of sulfonamides is 1. The Morgan fingerprint density at radius 3 is 2.86 bits per heavy atom. The average molecular weight is 435 g/mol. The van der Waals surface area contributed by atoms with E-state index in [2.05, 4.69) is 4.98 Å². The molecule has 2 fully saturated rings. The summed E-state index contributed by atoms with van der Waals surface area (Å²) in [5, 5.41) is 1.92. The maximum atomic E-state index is 12.9. The number of aromatic nitrogens is 1. The van der Waals surface area contributed by atoms with E-state index in [4.69, 9.17) is 5.73 Å². The zero-order valence-corrected chi connectivity index (χ0v) is 17.3. The number of rotatable bonds is 6. The molecule has 0 bridgehead atoms. The second kappa shape index (κ2) is 7.94. The average Bonchev–Trinajstić information content (AvgIpc) is 3.40. The van der Waals surface area contributed by atoms with Crippen molar-refractivity contribution >= 4 is 33.1 Å². The molecular weight excluding hydrogens is 412 g/mol. The molecule has 0 saturated carbocycles. The Bertz CT molecular complexity index is 994. The summed E-state index contributed by atoms with van der Waals surface area (Å²) < 4.78 is 27.1. The van der Waals surface area contributed by atoms with Crippen LogP contribution in [0.15, 0.2) is 42.0 Å². The summed E-state index contributed by atoms with van der Waals surface area (Å²) in [6.07, 6.45) is 3.91. The number of carbonyl (C=O) groups is 2. The summed E-state index contributed by atoms with van der Waals surface area (Å²) in [6.45, 7) is 0.124. The van der Waals surface area contributed by atoms with Crippen LogP contribution in [0.25, 0.3) is 0 Å². The minimum Gasteiger partial charge on any atom is -0.330 e. The Balaban J connectivity index is 1.48. The van der Waals surface area contributed by atoms with E-state index in [-0.39, 0.29) is 24.0 Å². The number of nitrogens with zero attached hydrogens (tertiary/aromatic N) is 3. The zero-order chi connectivity index (χ0) is 20.6. The minimum atomic E-state index is -3.71. The van der Waals surface area contributed by atoms with E-state index in [9.17, 15) is 18.0 Å². The maximum absolute atomic E-state index is 12.9. The van der Waals surface area contributed by atoms with Gasteiger partial charge >= 0.3 is 0 Å². The molecule has 29 heavy (non-hydrogen) atoms. The van der Waals surface area contributed by atoms with Gasteiger partial charge in [-0.3, -0.25) is 14.6 Å². The number of thiophene rings is 1. The van der Waals surface area contributed by atoms with Crippen LogP contribution in [0.2, 0.25) is 0 Å². The SMILES string of the molecule is NC(Cc1cccs1)C(=O)N1CCC2C1C(=O)CN2S(=O)(=O)Cc1cccnc1. The molecule has 4 heterocycles. The highest BCUT2D eigenvalue weighted by molar-refractivity contribution is 7.88. The highest BCUT2D eigenvalue weighted by atomic mass is 32.2. The monoisotopic (exact) mass is 434 g/mol. The van der Waals surface area contributed by atoms with Crippen LogP contribution >= 0.6 is 11.3 Å². The topological polar surface area (TPSA) is 114 Å². The van der Waals surface area contributed by atoms with Gasteiger partial charge in [0.2, 0.25) is 15.9 Å². The smallest absolute Gasteiger partial charge is 0.240 e. The fraction of sp³-hybridized carbons (Fsp3) is 0.421. The number of likely N-dealkylation sites (tertiary alicyclic amines) is 1. The number of carbonyl (C=O) groups excluding carboxylic acids is 2. The number of pyridine rings is 1. The summed E-state index contributed by atoms with van der Waals surface area (Å²) in [7, 11) is -3.71. The lowest BCUT2D eigenvalue weighted by Gasteiger charge is -2.26. The minimum absolute atomic E-state index is 0.206. The largest absolute Gasteiger partial charge is 0.330 e. The second-order valence-electron chi connectivity index (χ2n) is 7.35.